The van der Waals surface area contributed by atoms with Gasteiger partial charge in [0.15, 0.2) is 11.9 Å². The maximum atomic E-state index is 13.1. The van der Waals surface area contributed by atoms with Crippen molar-refractivity contribution in [2.45, 2.75) is 26.4 Å². The monoisotopic (exact) mass is 392 g/mol. The molecule has 0 saturated carbocycles. The van der Waals surface area contributed by atoms with Gasteiger partial charge in [0.1, 0.15) is 23.7 Å². The van der Waals surface area contributed by atoms with E-state index in [2.05, 4.69) is 15.5 Å². The quantitative estimate of drug-likeness (QED) is 0.716. The summed E-state index contributed by atoms with van der Waals surface area (Å²) in [5.74, 6) is 1.14. The molecule has 1 aromatic carbocycles. The van der Waals surface area contributed by atoms with Gasteiger partial charge in [0, 0.05) is 17.8 Å². The Morgan fingerprint density at radius 2 is 2.10 bits per heavy atom. The molecule has 2 aromatic heterocycles. The molecule has 0 saturated heterocycles. The molecule has 8 heteroatoms. The van der Waals surface area contributed by atoms with Crippen molar-refractivity contribution in [3.63, 3.8) is 0 Å². The van der Waals surface area contributed by atoms with E-state index in [0.29, 0.717) is 23.7 Å². The SMILES string of the molecule is CCC(Oc1ccc(-c2cc(C)on2)cc1)C(=O)N1CC(=O)Nc2cccnc21. The third kappa shape index (κ3) is 3.82. The highest BCUT2D eigenvalue weighted by Gasteiger charge is 2.33. The number of aryl methyl sites for hydroxylation is 1. The predicted molar refractivity (Wildman–Crippen MR) is 107 cm³/mol. The van der Waals surface area contributed by atoms with Gasteiger partial charge >= 0.3 is 0 Å². The maximum absolute atomic E-state index is 13.1. The Morgan fingerprint density at radius 3 is 2.79 bits per heavy atom. The summed E-state index contributed by atoms with van der Waals surface area (Å²) in [4.78, 5) is 30.7. The van der Waals surface area contributed by atoms with Gasteiger partial charge in [-0.05, 0) is 49.7 Å². The van der Waals surface area contributed by atoms with E-state index >= 15 is 0 Å². The van der Waals surface area contributed by atoms with Crippen LogP contribution in [0.1, 0.15) is 19.1 Å². The fraction of sp³-hybridized carbons (Fsp3) is 0.238. The summed E-state index contributed by atoms with van der Waals surface area (Å²) in [6, 6.07) is 12.5. The number of nitrogens with zero attached hydrogens (tertiary/aromatic N) is 3. The molecule has 1 atom stereocenters. The molecule has 148 valence electrons. The van der Waals surface area contributed by atoms with Crippen LogP contribution in [0.5, 0.6) is 5.75 Å². The molecular formula is C21H20N4O4. The lowest BCUT2D eigenvalue weighted by Crippen LogP contribution is -2.48. The highest BCUT2D eigenvalue weighted by atomic mass is 16.5. The van der Waals surface area contributed by atoms with Gasteiger partial charge in [0.2, 0.25) is 5.91 Å². The van der Waals surface area contributed by atoms with Crippen LogP contribution in [0.3, 0.4) is 0 Å². The van der Waals surface area contributed by atoms with E-state index < -0.39 is 6.10 Å². The lowest BCUT2D eigenvalue weighted by atomic mass is 10.1. The molecule has 0 bridgehead atoms. The summed E-state index contributed by atoms with van der Waals surface area (Å²) in [6.07, 6.45) is 1.29. The second-order valence-corrected chi connectivity index (χ2v) is 6.71. The second kappa shape index (κ2) is 7.75. The third-order valence-electron chi connectivity index (χ3n) is 4.59. The first kappa shape index (κ1) is 18.7. The highest BCUT2D eigenvalue weighted by molar-refractivity contribution is 6.10. The minimum absolute atomic E-state index is 0.0901. The number of nitrogens with one attached hydrogen (secondary N) is 1. The minimum atomic E-state index is -0.740. The molecule has 29 heavy (non-hydrogen) atoms. The third-order valence-corrected chi connectivity index (χ3v) is 4.59. The number of anilines is 2. The molecule has 1 aliphatic rings. The van der Waals surface area contributed by atoms with Gasteiger partial charge in [0.05, 0.1) is 5.69 Å². The van der Waals surface area contributed by atoms with E-state index in [1.165, 1.54) is 4.90 Å². The molecule has 8 nitrogen and oxygen atoms in total. The molecule has 1 N–H and O–H groups in total. The van der Waals surface area contributed by atoms with Gasteiger partial charge in [-0.2, -0.15) is 0 Å². The predicted octanol–water partition coefficient (Wildman–Crippen LogP) is 3.19. The molecule has 3 heterocycles. The minimum Gasteiger partial charge on any atom is -0.481 e. The van der Waals surface area contributed by atoms with Crippen LogP contribution in [0.2, 0.25) is 0 Å². The number of pyridine rings is 1. The number of fused-ring (bicyclic) bond motifs is 1. The van der Waals surface area contributed by atoms with E-state index in [-0.39, 0.29) is 18.4 Å². The Labute approximate surface area is 167 Å². The van der Waals surface area contributed by atoms with Crippen molar-refractivity contribution in [2.75, 3.05) is 16.8 Å². The zero-order chi connectivity index (χ0) is 20.4. The first-order valence-electron chi connectivity index (χ1n) is 9.32. The normalized spacial score (nSPS) is 14.1. The lowest BCUT2D eigenvalue weighted by molar-refractivity contribution is -0.127. The van der Waals surface area contributed by atoms with Gasteiger partial charge in [-0.15, -0.1) is 0 Å². The number of rotatable bonds is 5. The van der Waals surface area contributed by atoms with Crippen molar-refractivity contribution in [2.24, 2.45) is 0 Å². The summed E-state index contributed by atoms with van der Waals surface area (Å²) < 4.78 is 11.0. The van der Waals surface area contributed by atoms with Crippen molar-refractivity contribution in [1.29, 1.82) is 0 Å². The Bertz CT molecular complexity index is 1040. The first-order valence-corrected chi connectivity index (χ1v) is 9.32. The van der Waals surface area contributed by atoms with Crippen LogP contribution in [0.4, 0.5) is 11.5 Å². The van der Waals surface area contributed by atoms with Crippen molar-refractivity contribution in [3.8, 4) is 17.0 Å². The van der Waals surface area contributed by atoms with Crippen LogP contribution in [0.15, 0.2) is 53.2 Å². The zero-order valence-electron chi connectivity index (χ0n) is 16.1. The van der Waals surface area contributed by atoms with Gasteiger partial charge in [-0.25, -0.2) is 4.98 Å². The molecule has 1 aliphatic heterocycles. The van der Waals surface area contributed by atoms with Crippen molar-refractivity contribution in [1.82, 2.24) is 10.1 Å². The number of hydrogen-bond acceptors (Lipinski definition) is 6. The van der Waals surface area contributed by atoms with Crippen LogP contribution in [-0.4, -0.2) is 34.6 Å². The number of amides is 2. The molecule has 0 radical (unpaired) electrons. The van der Waals surface area contributed by atoms with Crippen LogP contribution in [0, 0.1) is 6.92 Å². The van der Waals surface area contributed by atoms with Gasteiger partial charge in [0.25, 0.3) is 5.91 Å². The average Bonchev–Trinajstić information content (AvgIpc) is 3.17. The molecule has 0 fully saturated rings. The van der Waals surface area contributed by atoms with E-state index in [1.54, 1.807) is 30.5 Å². The molecule has 0 aliphatic carbocycles. The topological polar surface area (TPSA) is 97.6 Å². The van der Waals surface area contributed by atoms with E-state index in [0.717, 1.165) is 17.0 Å². The summed E-state index contributed by atoms with van der Waals surface area (Å²) >= 11 is 0. The second-order valence-electron chi connectivity index (χ2n) is 6.71. The van der Waals surface area contributed by atoms with E-state index in [9.17, 15) is 9.59 Å². The van der Waals surface area contributed by atoms with E-state index in [4.69, 9.17) is 9.26 Å². The number of hydrogen-bond donors (Lipinski definition) is 1. The van der Waals surface area contributed by atoms with Gasteiger partial charge in [-0.3, -0.25) is 14.5 Å². The van der Waals surface area contributed by atoms with Crippen LogP contribution < -0.4 is 15.0 Å². The number of benzene rings is 1. The molecular weight excluding hydrogens is 372 g/mol. The Kier molecular flexibility index (Phi) is 4.99. The van der Waals surface area contributed by atoms with Crippen LogP contribution in [0.25, 0.3) is 11.3 Å². The fourth-order valence-electron chi connectivity index (χ4n) is 3.15. The average molecular weight is 392 g/mol. The number of aromatic nitrogens is 2. The molecule has 1 unspecified atom stereocenters. The summed E-state index contributed by atoms with van der Waals surface area (Å²) in [6.45, 7) is 3.60. The van der Waals surface area contributed by atoms with Crippen molar-refractivity contribution >= 4 is 23.3 Å². The number of ether oxygens (including phenoxy) is 1. The summed E-state index contributed by atoms with van der Waals surface area (Å²) in [5.41, 5.74) is 2.14. The smallest absolute Gasteiger partial charge is 0.269 e. The molecule has 3 aromatic rings. The maximum Gasteiger partial charge on any atom is 0.269 e. The van der Waals surface area contributed by atoms with Crippen molar-refractivity contribution in [3.05, 3.63) is 54.4 Å². The summed E-state index contributed by atoms with van der Waals surface area (Å²) in [7, 11) is 0. The van der Waals surface area contributed by atoms with Crippen LogP contribution >= 0.6 is 0 Å². The number of carbonyl (C=O) groups is 2. The molecule has 2 amide bonds. The van der Waals surface area contributed by atoms with Gasteiger partial charge < -0.3 is 14.6 Å². The highest BCUT2D eigenvalue weighted by Crippen LogP contribution is 2.28. The standard InChI is InChI=1S/C21H20N4O4/c1-3-18(21(27)25-12-19(26)23-16-5-4-10-22-20(16)25)28-15-8-6-14(7-9-15)17-11-13(2)29-24-17/h4-11,18H,3,12H2,1-2H3,(H,23,26). The first-order chi connectivity index (χ1) is 14.0. The largest absolute Gasteiger partial charge is 0.481 e. The molecule has 0 spiro atoms. The summed E-state index contributed by atoms with van der Waals surface area (Å²) in [5, 5.41) is 6.71. The Hall–Kier alpha value is -3.68. The lowest BCUT2D eigenvalue weighted by Gasteiger charge is -2.30. The van der Waals surface area contributed by atoms with Crippen molar-refractivity contribution < 1.29 is 18.8 Å². The molecule has 4 rings (SSSR count). The number of carbonyl (C=O) groups excluding carboxylic acids is 2. The van der Waals surface area contributed by atoms with Gasteiger partial charge in [-0.1, -0.05) is 12.1 Å². The zero-order valence-corrected chi connectivity index (χ0v) is 16.1. The fourth-order valence-corrected chi connectivity index (χ4v) is 3.15. The Balaban J connectivity index is 1.52. The van der Waals surface area contributed by atoms with E-state index in [1.807, 2.05) is 32.0 Å². The van der Waals surface area contributed by atoms with Crippen LogP contribution in [-0.2, 0) is 9.59 Å². The Morgan fingerprint density at radius 1 is 1.31 bits per heavy atom.